The lowest BCUT2D eigenvalue weighted by molar-refractivity contribution is -0.142. The minimum absolute atomic E-state index is 0.228. The van der Waals surface area contributed by atoms with Gasteiger partial charge in [0, 0.05) is 25.0 Å². The van der Waals surface area contributed by atoms with E-state index in [4.69, 9.17) is 0 Å². The van der Waals surface area contributed by atoms with Crippen LogP contribution in [-0.2, 0) is 14.8 Å². The van der Waals surface area contributed by atoms with Crippen molar-refractivity contribution in [2.45, 2.75) is 69.1 Å². The highest BCUT2D eigenvalue weighted by atomic mass is 32.2. The number of carbonyl (C=O) groups excluding carboxylic acids is 1. The first-order valence-electron chi connectivity index (χ1n) is 8.77. The zero-order valence-corrected chi connectivity index (χ0v) is 14.7. The fourth-order valence-electron chi connectivity index (χ4n) is 4.58. The van der Waals surface area contributed by atoms with Gasteiger partial charge in [-0.3, -0.25) is 4.79 Å². The number of carbonyl (C=O) groups is 1. The molecule has 3 fully saturated rings. The molecule has 2 N–H and O–H groups in total. The van der Waals surface area contributed by atoms with Crippen LogP contribution in [0.2, 0.25) is 0 Å². The molecule has 132 valence electrons. The molecule has 2 saturated heterocycles. The van der Waals surface area contributed by atoms with Gasteiger partial charge < -0.3 is 10.0 Å². The molecule has 1 spiro atoms. The first-order chi connectivity index (χ1) is 10.8. The van der Waals surface area contributed by atoms with Crippen LogP contribution >= 0.6 is 0 Å². The summed E-state index contributed by atoms with van der Waals surface area (Å²) in [6.45, 7) is 3.06. The lowest BCUT2D eigenvalue weighted by Crippen LogP contribution is -2.62. The third kappa shape index (κ3) is 2.81. The molecule has 7 heteroatoms. The van der Waals surface area contributed by atoms with Crippen molar-refractivity contribution in [1.82, 2.24) is 9.62 Å². The quantitative estimate of drug-likeness (QED) is 0.743. The molecule has 0 bridgehead atoms. The summed E-state index contributed by atoms with van der Waals surface area (Å²) in [5.41, 5.74) is -0.228. The van der Waals surface area contributed by atoms with Crippen molar-refractivity contribution in [3.63, 3.8) is 0 Å². The molecule has 3 rings (SSSR count). The van der Waals surface area contributed by atoms with Crippen molar-refractivity contribution in [2.24, 2.45) is 5.41 Å². The molecular formula is C16H28N2O4S. The van der Waals surface area contributed by atoms with Crippen LogP contribution in [0.25, 0.3) is 0 Å². The van der Waals surface area contributed by atoms with Crippen LogP contribution in [0, 0.1) is 5.41 Å². The van der Waals surface area contributed by atoms with E-state index in [0.717, 1.165) is 38.5 Å². The number of hydrogen-bond acceptors (Lipinski definition) is 4. The Morgan fingerprint density at radius 2 is 1.91 bits per heavy atom. The van der Waals surface area contributed by atoms with Gasteiger partial charge in [0.2, 0.25) is 15.9 Å². The van der Waals surface area contributed by atoms with Crippen molar-refractivity contribution in [1.29, 1.82) is 0 Å². The van der Waals surface area contributed by atoms with Crippen molar-refractivity contribution in [3.8, 4) is 0 Å². The van der Waals surface area contributed by atoms with Crippen LogP contribution in [0.1, 0.15) is 58.3 Å². The Morgan fingerprint density at radius 1 is 1.17 bits per heavy atom. The van der Waals surface area contributed by atoms with Gasteiger partial charge in [0.15, 0.2) is 4.75 Å². The molecule has 0 radical (unpaired) electrons. The first kappa shape index (κ1) is 17.2. The molecule has 1 amide bonds. The summed E-state index contributed by atoms with van der Waals surface area (Å²) in [6, 6.07) is 0. The number of sulfonamides is 1. The van der Waals surface area contributed by atoms with Gasteiger partial charge >= 0.3 is 0 Å². The fraction of sp³-hybridized carbons (Fsp3) is 0.938. The predicted octanol–water partition coefficient (Wildman–Crippen LogP) is 1.00. The predicted molar refractivity (Wildman–Crippen MR) is 87.3 cm³/mol. The van der Waals surface area contributed by atoms with E-state index in [1.54, 1.807) is 11.8 Å². The standard InChI is InChI=1S/C16H28N2O4S/c1-15(7-4-10-17-23(15,21)22)14(20)18-11-5-9-16(12-18)8-3-2-6-13(16)19/h13,17,19H,2-12H2,1H3. The minimum Gasteiger partial charge on any atom is -0.392 e. The van der Waals surface area contributed by atoms with Gasteiger partial charge in [0.25, 0.3) is 0 Å². The number of aliphatic hydroxyl groups excluding tert-OH is 1. The van der Waals surface area contributed by atoms with Crippen LogP contribution < -0.4 is 4.72 Å². The van der Waals surface area contributed by atoms with E-state index in [2.05, 4.69) is 4.72 Å². The fourth-order valence-corrected chi connectivity index (χ4v) is 6.08. The second-order valence-corrected chi connectivity index (χ2v) is 9.88. The Balaban J connectivity index is 1.82. The number of piperidine rings is 1. The Bertz CT molecular complexity index is 575. The zero-order chi connectivity index (χ0) is 16.7. The van der Waals surface area contributed by atoms with Crippen LogP contribution in [0.15, 0.2) is 0 Å². The average Bonchev–Trinajstić information content (AvgIpc) is 2.53. The maximum Gasteiger partial charge on any atom is 0.245 e. The van der Waals surface area contributed by atoms with Crippen LogP contribution in [0.5, 0.6) is 0 Å². The summed E-state index contributed by atoms with van der Waals surface area (Å²) in [5, 5.41) is 10.5. The number of aliphatic hydroxyl groups is 1. The molecule has 23 heavy (non-hydrogen) atoms. The van der Waals surface area contributed by atoms with Gasteiger partial charge in [-0.15, -0.1) is 0 Å². The van der Waals surface area contributed by atoms with Gasteiger partial charge in [0.05, 0.1) is 6.10 Å². The summed E-state index contributed by atoms with van der Waals surface area (Å²) < 4.78 is 26.0. The molecule has 1 aliphatic carbocycles. The number of nitrogens with one attached hydrogen (secondary N) is 1. The lowest BCUT2D eigenvalue weighted by Gasteiger charge is -2.49. The van der Waals surface area contributed by atoms with Gasteiger partial charge in [-0.2, -0.15) is 0 Å². The second-order valence-electron chi connectivity index (χ2n) is 7.69. The molecule has 3 aliphatic rings. The Kier molecular flexibility index (Phi) is 4.48. The summed E-state index contributed by atoms with van der Waals surface area (Å²) in [6.07, 6.45) is 6.28. The molecule has 0 aromatic carbocycles. The number of rotatable bonds is 1. The Morgan fingerprint density at radius 3 is 2.61 bits per heavy atom. The van der Waals surface area contributed by atoms with Crippen molar-refractivity contribution >= 4 is 15.9 Å². The minimum atomic E-state index is -3.63. The average molecular weight is 344 g/mol. The Hall–Kier alpha value is -0.660. The van der Waals surface area contributed by atoms with Crippen molar-refractivity contribution in [2.75, 3.05) is 19.6 Å². The van der Waals surface area contributed by atoms with E-state index >= 15 is 0 Å². The van der Waals surface area contributed by atoms with E-state index < -0.39 is 14.8 Å². The largest absolute Gasteiger partial charge is 0.392 e. The SMILES string of the molecule is CC1(C(=O)N2CCCC3(CCCCC3O)C2)CCCNS1(=O)=O. The first-order valence-corrected chi connectivity index (χ1v) is 10.3. The molecule has 2 aliphatic heterocycles. The van der Waals surface area contributed by atoms with Crippen LogP contribution in [-0.4, -0.2) is 54.8 Å². The third-order valence-electron chi connectivity index (χ3n) is 6.17. The smallest absolute Gasteiger partial charge is 0.245 e. The second kappa shape index (κ2) is 6.01. The molecule has 0 aromatic rings. The van der Waals surface area contributed by atoms with E-state index in [9.17, 15) is 18.3 Å². The highest BCUT2D eigenvalue weighted by molar-refractivity contribution is 7.91. The normalized spacial score (nSPS) is 41.0. The topological polar surface area (TPSA) is 86.7 Å². The van der Waals surface area contributed by atoms with E-state index in [0.29, 0.717) is 32.5 Å². The summed E-state index contributed by atoms with van der Waals surface area (Å²) in [4.78, 5) is 14.8. The van der Waals surface area contributed by atoms with Crippen molar-refractivity contribution < 1.29 is 18.3 Å². The van der Waals surface area contributed by atoms with Crippen LogP contribution in [0.3, 0.4) is 0 Å². The molecular weight excluding hydrogens is 316 g/mol. The summed E-state index contributed by atoms with van der Waals surface area (Å²) >= 11 is 0. The number of likely N-dealkylation sites (tertiary alicyclic amines) is 1. The van der Waals surface area contributed by atoms with Gasteiger partial charge in [0.1, 0.15) is 0 Å². The maximum absolute atomic E-state index is 13.0. The van der Waals surface area contributed by atoms with E-state index in [-0.39, 0.29) is 17.4 Å². The van der Waals surface area contributed by atoms with E-state index in [1.165, 1.54) is 0 Å². The van der Waals surface area contributed by atoms with Gasteiger partial charge in [-0.25, -0.2) is 13.1 Å². The zero-order valence-electron chi connectivity index (χ0n) is 13.9. The molecule has 3 unspecified atom stereocenters. The third-order valence-corrected chi connectivity index (χ3v) is 8.32. The van der Waals surface area contributed by atoms with E-state index in [1.807, 2.05) is 0 Å². The molecule has 6 nitrogen and oxygen atoms in total. The summed E-state index contributed by atoms with van der Waals surface area (Å²) in [5.74, 6) is -0.290. The molecule has 3 atom stereocenters. The monoisotopic (exact) mass is 344 g/mol. The van der Waals surface area contributed by atoms with Crippen molar-refractivity contribution in [3.05, 3.63) is 0 Å². The maximum atomic E-state index is 13.0. The lowest BCUT2D eigenvalue weighted by atomic mass is 9.67. The highest BCUT2D eigenvalue weighted by Crippen LogP contribution is 2.44. The number of amides is 1. The van der Waals surface area contributed by atoms with Gasteiger partial charge in [-0.1, -0.05) is 12.8 Å². The number of hydrogen-bond donors (Lipinski definition) is 2. The highest BCUT2D eigenvalue weighted by Gasteiger charge is 2.52. The molecule has 2 heterocycles. The molecule has 1 saturated carbocycles. The number of nitrogens with zero attached hydrogens (tertiary/aromatic N) is 1. The van der Waals surface area contributed by atoms with Gasteiger partial charge in [-0.05, 0) is 45.4 Å². The summed E-state index contributed by atoms with van der Waals surface area (Å²) in [7, 11) is -3.63. The molecule has 0 aromatic heterocycles. The van der Waals surface area contributed by atoms with Crippen LogP contribution in [0.4, 0.5) is 0 Å². The Labute approximate surface area is 138 Å².